The van der Waals surface area contributed by atoms with Crippen molar-refractivity contribution in [3.63, 3.8) is 0 Å². The van der Waals surface area contributed by atoms with Gasteiger partial charge in [-0.1, -0.05) is 74.5 Å². The highest BCUT2D eigenvalue weighted by molar-refractivity contribution is 6.25. The van der Waals surface area contributed by atoms with Crippen molar-refractivity contribution in [3.8, 4) is 0 Å². The molecule has 1 aliphatic rings. The normalized spacial score (nSPS) is 21.0. The van der Waals surface area contributed by atoms with Crippen molar-refractivity contribution in [2.24, 2.45) is 5.41 Å². The van der Waals surface area contributed by atoms with E-state index in [1.165, 1.54) is 7.11 Å². The predicted molar refractivity (Wildman–Crippen MR) is 108 cm³/mol. The van der Waals surface area contributed by atoms with Crippen molar-refractivity contribution < 1.29 is 14.3 Å². The van der Waals surface area contributed by atoms with Crippen LogP contribution >= 0.6 is 0 Å². The fourth-order valence-corrected chi connectivity index (χ4v) is 4.57. The van der Waals surface area contributed by atoms with E-state index < -0.39 is 11.0 Å². The lowest BCUT2D eigenvalue weighted by Gasteiger charge is -2.51. The lowest BCUT2D eigenvalue weighted by atomic mass is 9.54. The molecule has 1 aliphatic carbocycles. The van der Waals surface area contributed by atoms with E-state index in [0.717, 1.165) is 11.1 Å². The Hall–Kier alpha value is -2.52. The zero-order valence-electron chi connectivity index (χ0n) is 16.5. The fourth-order valence-electron chi connectivity index (χ4n) is 4.57. The molecular formula is C24H26O3. The predicted octanol–water partition coefficient (Wildman–Crippen LogP) is 5.28. The molecule has 3 nitrogen and oxygen atoms in total. The van der Waals surface area contributed by atoms with Gasteiger partial charge in [0.1, 0.15) is 0 Å². The van der Waals surface area contributed by atoms with Crippen LogP contribution in [0.4, 0.5) is 0 Å². The van der Waals surface area contributed by atoms with Gasteiger partial charge in [-0.25, -0.2) is 0 Å². The molecule has 0 amide bonds. The molecule has 3 heteroatoms. The second-order valence-electron chi connectivity index (χ2n) is 7.22. The highest BCUT2D eigenvalue weighted by Gasteiger charge is 2.64. The molecule has 0 N–H and O–H groups in total. The lowest BCUT2D eigenvalue weighted by Crippen LogP contribution is -2.62. The number of hydrogen-bond acceptors (Lipinski definition) is 3. The summed E-state index contributed by atoms with van der Waals surface area (Å²) in [6, 6.07) is 14.9. The highest BCUT2D eigenvalue weighted by Crippen LogP contribution is 2.54. The van der Waals surface area contributed by atoms with Crippen LogP contribution in [0.1, 0.15) is 58.5 Å². The van der Waals surface area contributed by atoms with Crippen molar-refractivity contribution in [2.45, 2.75) is 39.2 Å². The minimum Gasteiger partial charge on any atom is -0.364 e. The number of carbonyl (C=O) groups excluding carboxylic acids is 2. The number of rotatable bonds is 5. The van der Waals surface area contributed by atoms with E-state index in [0.29, 0.717) is 29.5 Å². The molecule has 0 fully saturated rings. The molecule has 2 aromatic rings. The molecule has 3 rings (SSSR count). The Kier molecular flexibility index (Phi) is 4.92. The van der Waals surface area contributed by atoms with Crippen molar-refractivity contribution in [2.75, 3.05) is 7.11 Å². The number of fused-ring (bicyclic) bond motifs is 1. The maximum Gasteiger partial charge on any atom is 0.200 e. The zero-order valence-corrected chi connectivity index (χ0v) is 16.5. The second kappa shape index (κ2) is 6.90. The van der Waals surface area contributed by atoms with Crippen molar-refractivity contribution in [1.82, 2.24) is 0 Å². The van der Waals surface area contributed by atoms with E-state index in [1.54, 1.807) is 24.3 Å². The summed E-state index contributed by atoms with van der Waals surface area (Å²) in [5, 5.41) is 0. The van der Waals surface area contributed by atoms with Crippen molar-refractivity contribution in [3.05, 3.63) is 77.4 Å². The number of ketones is 2. The van der Waals surface area contributed by atoms with Gasteiger partial charge >= 0.3 is 0 Å². The average Bonchev–Trinajstić information content (AvgIpc) is 2.71. The molecule has 27 heavy (non-hydrogen) atoms. The van der Waals surface area contributed by atoms with Gasteiger partial charge in [-0.15, -0.1) is 0 Å². The van der Waals surface area contributed by atoms with E-state index >= 15 is 0 Å². The van der Waals surface area contributed by atoms with Crippen LogP contribution in [0.15, 0.2) is 55.1 Å². The summed E-state index contributed by atoms with van der Waals surface area (Å²) in [6.07, 6.45) is 0.974. The smallest absolute Gasteiger partial charge is 0.200 e. The maximum absolute atomic E-state index is 13.8. The summed E-state index contributed by atoms with van der Waals surface area (Å²) >= 11 is 0. The Labute approximate surface area is 161 Å². The fraction of sp³-hybridized carbons (Fsp3) is 0.333. The highest BCUT2D eigenvalue weighted by atomic mass is 16.5. The molecule has 140 valence electrons. The molecule has 0 saturated carbocycles. The largest absolute Gasteiger partial charge is 0.364 e. The number of carbonyl (C=O) groups is 2. The van der Waals surface area contributed by atoms with Crippen molar-refractivity contribution >= 4 is 17.1 Å². The maximum atomic E-state index is 13.8. The number of aryl methyl sites for hydroxylation is 1. The average molecular weight is 362 g/mol. The SMILES string of the molecule is C=C(c1ccc(C)cc1)C1(OC)C(=O)c2ccccc2C(=O)C1(CC)CC. The summed E-state index contributed by atoms with van der Waals surface area (Å²) in [4.78, 5) is 27.4. The molecule has 0 heterocycles. The first kappa shape index (κ1) is 19.2. The van der Waals surface area contributed by atoms with E-state index in [4.69, 9.17) is 4.74 Å². The van der Waals surface area contributed by atoms with E-state index in [2.05, 4.69) is 6.58 Å². The quantitative estimate of drug-likeness (QED) is 0.727. The third-order valence-electron chi connectivity index (χ3n) is 6.18. The Morgan fingerprint density at radius 2 is 1.44 bits per heavy atom. The van der Waals surface area contributed by atoms with Gasteiger partial charge in [-0.3, -0.25) is 9.59 Å². The summed E-state index contributed by atoms with van der Waals surface area (Å²) in [5.41, 5.74) is 0.958. The van der Waals surface area contributed by atoms with Crippen LogP contribution in [0.25, 0.3) is 5.57 Å². The standard InChI is InChI=1S/C24H26O3/c1-6-23(7-2)21(25)19-10-8-9-11-20(19)22(26)24(23,27-5)17(4)18-14-12-16(3)13-15-18/h8-15H,4,6-7H2,1-3,5H3. The lowest BCUT2D eigenvalue weighted by molar-refractivity contribution is -0.0400. The molecule has 1 unspecified atom stereocenters. The van der Waals surface area contributed by atoms with Crippen LogP contribution in [0.2, 0.25) is 0 Å². The topological polar surface area (TPSA) is 43.4 Å². The third kappa shape index (κ3) is 2.45. The number of methoxy groups -OCH3 is 1. The molecule has 0 aromatic heterocycles. The van der Waals surface area contributed by atoms with Gasteiger partial charge in [-0.2, -0.15) is 0 Å². The Morgan fingerprint density at radius 3 is 1.93 bits per heavy atom. The number of ether oxygens (including phenoxy) is 1. The summed E-state index contributed by atoms with van der Waals surface area (Å²) in [5.74, 6) is -0.229. The number of Topliss-reactive ketones (excluding diaryl/α,β-unsaturated/α-hetero) is 2. The van der Waals surface area contributed by atoms with Crippen LogP contribution < -0.4 is 0 Å². The molecule has 2 aromatic carbocycles. The van der Waals surface area contributed by atoms with Gasteiger partial charge in [0.05, 0.1) is 5.41 Å². The summed E-state index contributed by atoms with van der Waals surface area (Å²) < 4.78 is 5.99. The molecule has 0 bridgehead atoms. The number of benzene rings is 2. The van der Waals surface area contributed by atoms with E-state index in [1.807, 2.05) is 45.0 Å². The molecule has 0 saturated heterocycles. The molecule has 0 radical (unpaired) electrons. The van der Waals surface area contributed by atoms with Gasteiger partial charge in [-0.05, 0) is 30.9 Å². The first-order valence-electron chi connectivity index (χ1n) is 9.39. The van der Waals surface area contributed by atoms with Crippen LogP contribution in [-0.4, -0.2) is 24.3 Å². The van der Waals surface area contributed by atoms with Crippen LogP contribution in [0, 0.1) is 12.3 Å². The Morgan fingerprint density at radius 1 is 0.926 bits per heavy atom. The van der Waals surface area contributed by atoms with Gasteiger partial charge in [0, 0.05) is 18.2 Å². The van der Waals surface area contributed by atoms with Crippen molar-refractivity contribution in [1.29, 1.82) is 0 Å². The van der Waals surface area contributed by atoms with Gasteiger partial charge < -0.3 is 4.74 Å². The summed E-state index contributed by atoms with van der Waals surface area (Å²) in [7, 11) is 1.51. The van der Waals surface area contributed by atoms with E-state index in [9.17, 15) is 9.59 Å². The van der Waals surface area contributed by atoms with Crippen LogP contribution in [-0.2, 0) is 4.74 Å². The van der Waals surface area contributed by atoms with Crippen LogP contribution in [0.3, 0.4) is 0 Å². The zero-order chi connectivity index (χ0) is 19.8. The molecule has 0 spiro atoms. The Balaban J connectivity index is 2.33. The minimum absolute atomic E-state index is 0.0437. The molecule has 0 aliphatic heterocycles. The van der Waals surface area contributed by atoms with Crippen LogP contribution in [0.5, 0.6) is 0 Å². The second-order valence-corrected chi connectivity index (χ2v) is 7.22. The first-order chi connectivity index (χ1) is 12.9. The third-order valence-corrected chi connectivity index (χ3v) is 6.18. The number of hydrogen-bond donors (Lipinski definition) is 0. The first-order valence-corrected chi connectivity index (χ1v) is 9.39. The summed E-state index contributed by atoms with van der Waals surface area (Å²) in [6.45, 7) is 10.2. The van der Waals surface area contributed by atoms with Gasteiger partial charge in [0.15, 0.2) is 11.4 Å². The minimum atomic E-state index is -1.42. The van der Waals surface area contributed by atoms with Gasteiger partial charge in [0.25, 0.3) is 0 Å². The molecular weight excluding hydrogens is 336 g/mol. The van der Waals surface area contributed by atoms with E-state index in [-0.39, 0.29) is 11.6 Å². The van der Waals surface area contributed by atoms with Gasteiger partial charge in [0.2, 0.25) is 5.78 Å². The molecule has 1 atom stereocenters. The monoisotopic (exact) mass is 362 g/mol. The Bertz CT molecular complexity index is 903.